The minimum atomic E-state index is -0.0475. The van der Waals surface area contributed by atoms with Crippen molar-refractivity contribution in [1.29, 1.82) is 0 Å². The number of nitrogens with one attached hydrogen (secondary N) is 1. The Labute approximate surface area is 170 Å². The largest absolute Gasteiger partial charge is 0.493 e. The maximum absolute atomic E-state index is 12.7. The molecule has 2 heterocycles. The Balaban J connectivity index is 1.32. The highest BCUT2D eigenvalue weighted by Gasteiger charge is 2.27. The van der Waals surface area contributed by atoms with E-state index in [0.717, 1.165) is 47.3 Å². The number of carbonyl (C=O) groups is 1. The number of piperazine rings is 1. The highest BCUT2D eigenvalue weighted by molar-refractivity contribution is 6.33. The first-order chi connectivity index (χ1) is 13.7. The number of para-hydroxylation sites is 2. The molecule has 28 heavy (non-hydrogen) atoms. The number of amides is 2. The molecule has 2 aromatic carbocycles. The molecule has 1 saturated heterocycles. The molecule has 6 nitrogen and oxygen atoms in total. The van der Waals surface area contributed by atoms with Gasteiger partial charge in [0.05, 0.1) is 23.9 Å². The van der Waals surface area contributed by atoms with Crippen molar-refractivity contribution in [3.63, 3.8) is 0 Å². The summed E-state index contributed by atoms with van der Waals surface area (Å²) in [6.07, 6.45) is 0.734. The highest BCUT2D eigenvalue weighted by atomic mass is 35.5. The monoisotopic (exact) mass is 401 g/mol. The zero-order valence-electron chi connectivity index (χ0n) is 15.9. The van der Waals surface area contributed by atoms with Crippen LogP contribution in [-0.2, 0) is 6.42 Å². The second-order valence-corrected chi connectivity index (χ2v) is 7.44. The molecule has 0 bridgehead atoms. The summed E-state index contributed by atoms with van der Waals surface area (Å²) < 4.78 is 11.2. The van der Waals surface area contributed by atoms with Crippen LogP contribution in [0.15, 0.2) is 42.5 Å². The third-order valence-electron chi connectivity index (χ3n) is 5.26. The van der Waals surface area contributed by atoms with E-state index in [0.29, 0.717) is 19.7 Å². The topological polar surface area (TPSA) is 54.0 Å². The minimum Gasteiger partial charge on any atom is -0.493 e. The van der Waals surface area contributed by atoms with Crippen LogP contribution in [0.3, 0.4) is 0 Å². The molecular weight excluding hydrogens is 378 g/mol. The number of fused-ring (bicyclic) bond motifs is 1. The second-order valence-electron chi connectivity index (χ2n) is 7.04. The van der Waals surface area contributed by atoms with Gasteiger partial charge in [0.25, 0.3) is 0 Å². The van der Waals surface area contributed by atoms with Gasteiger partial charge < -0.3 is 24.6 Å². The molecule has 2 aromatic rings. The molecule has 0 aromatic heterocycles. The molecule has 1 unspecified atom stereocenters. The SMILES string of the molecule is COc1cccc2c1OCC(NC(=O)N1CCN(c3ccccc3Cl)CC1)C2. The van der Waals surface area contributed by atoms with Gasteiger partial charge >= 0.3 is 6.03 Å². The van der Waals surface area contributed by atoms with Crippen molar-refractivity contribution in [1.82, 2.24) is 10.2 Å². The Morgan fingerprint density at radius 2 is 1.93 bits per heavy atom. The smallest absolute Gasteiger partial charge is 0.317 e. The minimum absolute atomic E-state index is 0.0428. The fourth-order valence-corrected chi connectivity index (χ4v) is 4.03. The van der Waals surface area contributed by atoms with Crippen molar-refractivity contribution in [2.24, 2.45) is 0 Å². The molecule has 0 saturated carbocycles. The van der Waals surface area contributed by atoms with E-state index in [1.54, 1.807) is 7.11 Å². The van der Waals surface area contributed by atoms with Crippen molar-refractivity contribution < 1.29 is 14.3 Å². The van der Waals surface area contributed by atoms with Crippen molar-refractivity contribution in [3.8, 4) is 11.5 Å². The van der Waals surface area contributed by atoms with E-state index >= 15 is 0 Å². The average molecular weight is 402 g/mol. The van der Waals surface area contributed by atoms with Gasteiger partial charge in [-0.15, -0.1) is 0 Å². The normalized spacial score (nSPS) is 18.9. The van der Waals surface area contributed by atoms with Gasteiger partial charge in [-0.3, -0.25) is 0 Å². The molecule has 2 aliphatic heterocycles. The van der Waals surface area contributed by atoms with Gasteiger partial charge in [-0.2, -0.15) is 0 Å². The molecular formula is C21H24ClN3O3. The number of hydrogen-bond acceptors (Lipinski definition) is 4. The summed E-state index contributed by atoms with van der Waals surface area (Å²) in [6.45, 7) is 3.29. The predicted octanol–water partition coefficient (Wildman–Crippen LogP) is 3.18. The number of benzene rings is 2. The maximum atomic E-state index is 12.7. The van der Waals surface area contributed by atoms with Gasteiger partial charge in [-0.05, 0) is 24.6 Å². The zero-order chi connectivity index (χ0) is 19.5. The van der Waals surface area contributed by atoms with Crippen LogP contribution in [0.1, 0.15) is 5.56 Å². The van der Waals surface area contributed by atoms with Crippen molar-refractivity contribution >= 4 is 23.3 Å². The Morgan fingerprint density at radius 1 is 1.14 bits per heavy atom. The number of methoxy groups -OCH3 is 1. The fourth-order valence-electron chi connectivity index (χ4n) is 3.77. The first-order valence-electron chi connectivity index (χ1n) is 9.49. The quantitative estimate of drug-likeness (QED) is 0.858. The highest BCUT2D eigenvalue weighted by Crippen LogP contribution is 2.34. The van der Waals surface area contributed by atoms with Crippen LogP contribution in [0.25, 0.3) is 0 Å². The molecule has 1 fully saturated rings. The summed E-state index contributed by atoms with van der Waals surface area (Å²) in [4.78, 5) is 16.8. The number of hydrogen-bond donors (Lipinski definition) is 1. The van der Waals surface area contributed by atoms with E-state index in [4.69, 9.17) is 21.1 Å². The molecule has 0 spiro atoms. The second kappa shape index (κ2) is 8.19. The lowest BCUT2D eigenvalue weighted by atomic mass is 10.0. The molecule has 4 rings (SSSR count). The number of ether oxygens (including phenoxy) is 2. The van der Waals surface area contributed by atoms with Crippen LogP contribution >= 0.6 is 11.6 Å². The lowest BCUT2D eigenvalue weighted by molar-refractivity contribution is 0.176. The average Bonchev–Trinajstić information content (AvgIpc) is 2.73. The maximum Gasteiger partial charge on any atom is 0.317 e. The summed E-state index contributed by atoms with van der Waals surface area (Å²) in [5.41, 5.74) is 2.08. The number of anilines is 1. The lowest BCUT2D eigenvalue weighted by Gasteiger charge is -2.37. The third-order valence-corrected chi connectivity index (χ3v) is 5.58. The van der Waals surface area contributed by atoms with E-state index in [9.17, 15) is 4.79 Å². The molecule has 0 aliphatic carbocycles. The zero-order valence-corrected chi connectivity index (χ0v) is 16.6. The predicted molar refractivity (Wildman–Crippen MR) is 110 cm³/mol. The number of urea groups is 1. The molecule has 2 aliphatic rings. The third kappa shape index (κ3) is 3.83. The van der Waals surface area contributed by atoms with Crippen LogP contribution in [-0.4, -0.2) is 56.9 Å². The van der Waals surface area contributed by atoms with Crippen LogP contribution in [0.2, 0.25) is 5.02 Å². The van der Waals surface area contributed by atoms with E-state index in [1.807, 2.05) is 47.4 Å². The van der Waals surface area contributed by atoms with Gasteiger partial charge in [-0.25, -0.2) is 4.79 Å². The molecule has 0 radical (unpaired) electrons. The number of halogens is 1. The Hall–Kier alpha value is -2.60. The van der Waals surface area contributed by atoms with Gasteiger partial charge in [0.15, 0.2) is 11.5 Å². The van der Waals surface area contributed by atoms with Crippen LogP contribution in [0.5, 0.6) is 11.5 Å². The number of rotatable bonds is 3. The summed E-state index contributed by atoms with van der Waals surface area (Å²) in [5, 5.41) is 3.85. The van der Waals surface area contributed by atoms with Crippen LogP contribution < -0.4 is 19.7 Å². The Bertz CT molecular complexity index is 853. The summed E-state index contributed by atoms with van der Waals surface area (Å²) in [7, 11) is 1.63. The van der Waals surface area contributed by atoms with Crippen LogP contribution in [0, 0.1) is 0 Å². The summed E-state index contributed by atoms with van der Waals surface area (Å²) in [5.74, 6) is 1.52. The fraction of sp³-hybridized carbons (Fsp3) is 0.381. The molecule has 7 heteroatoms. The van der Waals surface area contributed by atoms with E-state index in [1.165, 1.54) is 0 Å². The molecule has 148 valence electrons. The molecule has 2 amide bonds. The van der Waals surface area contributed by atoms with E-state index in [-0.39, 0.29) is 12.1 Å². The molecule has 1 N–H and O–H groups in total. The molecule has 1 atom stereocenters. The van der Waals surface area contributed by atoms with E-state index in [2.05, 4.69) is 10.2 Å². The van der Waals surface area contributed by atoms with Crippen molar-refractivity contribution in [3.05, 3.63) is 53.1 Å². The van der Waals surface area contributed by atoms with Gasteiger partial charge in [0, 0.05) is 31.7 Å². The standard InChI is InChI=1S/C21H24ClN3O3/c1-27-19-8-4-5-15-13-16(14-28-20(15)19)23-21(26)25-11-9-24(10-12-25)18-7-3-2-6-17(18)22/h2-8,16H,9-14H2,1H3,(H,23,26). The van der Waals surface area contributed by atoms with Crippen LogP contribution in [0.4, 0.5) is 10.5 Å². The van der Waals surface area contributed by atoms with Gasteiger partial charge in [0.2, 0.25) is 0 Å². The van der Waals surface area contributed by atoms with Gasteiger partial charge in [0.1, 0.15) is 6.61 Å². The van der Waals surface area contributed by atoms with Crippen molar-refractivity contribution in [2.75, 3.05) is 44.8 Å². The summed E-state index contributed by atoms with van der Waals surface area (Å²) in [6, 6.07) is 13.6. The Kier molecular flexibility index (Phi) is 5.48. The summed E-state index contributed by atoms with van der Waals surface area (Å²) >= 11 is 6.29. The first-order valence-corrected chi connectivity index (χ1v) is 9.87. The number of carbonyl (C=O) groups excluding carboxylic acids is 1. The van der Waals surface area contributed by atoms with Crippen molar-refractivity contribution in [2.45, 2.75) is 12.5 Å². The Morgan fingerprint density at radius 3 is 2.68 bits per heavy atom. The van der Waals surface area contributed by atoms with Gasteiger partial charge in [-0.1, -0.05) is 35.9 Å². The lowest BCUT2D eigenvalue weighted by Crippen LogP contribution is -2.55. The van der Waals surface area contributed by atoms with E-state index < -0.39 is 0 Å². The first kappa shape index (κ1) is 18.7. The number of nitrogens with zero attached hydrogens (tertiary/aromatic N) is 2.